The van der Waals surface area contributed by atoms with Crippen LogP contribution in [0, 0.1) is 12.7 Å². The van der Waals surface area contributed by atoms with Gasteiger partial charge in [-0.1, -0.05) is 29.8 Å². The molecule has 1 amide bonds. The summed E-state index contributed by atoms with van der Waals surface area (Å²) in [6.07, 6.45) is 0. The van der Waals surface area contributed by atoms with Gasteiger partial charge in [0.1, 0.15) is 11.4 Å². The molecule has 8 heteroatoms. The van der Waals surface area contributed by atoms with E-state index in [0.717, 1.165) is 17.2 Å². The number of aromatic hydroxyl groups is 1. The Morgan fingerprint density at radius 1 is 1.12 bits per heavy atom. The molecule has 5 rings (SSSR count). The van der Waals surface area contributed by atoms with Crippen molar-refractivity contribution in [2.75, 3.05) is 7.11 Å². The molecule has 0 saturated heterocycles. The molecule has 1 aliphatic heterocycles. The maximum atomic E-state index is 13.9. The van der Waals surface area contributed by atoms with Crippen molar-refractivity contribution in [3.05, 3.63) is 103 Å². The summed E-state index contributed by atoms with van der Waals surface area (Å²) < 4.78 is 25.4. The van der Waals surface area contributed by atoms with Gasteiger partial charge in [0.2, 0.25) is 5.76 Å². The van der Waals surface area contributed by atoms with Gasteiger partial charge < -0.3 is 19.2 Å². The standard InChI is InChI=1S/C26H19BrFNO5/c1-13-3-5-14(6-4-13)12-29-22(15-9-18(27)24(31)20(10-15)33-2)21-23(30)17-11-16(28)7-8-19(17)34-25(21)26(29)32/h3-11,22,31H,12H2,1-2H3. The van der Waals surface area contributed by atoms with Crippen molar-refractivity contribution in [3.8, 4) is 11.5 Å². The summed E-state index contributed by atoms with van der Waals surface area (Å²) in [7, 11) is 1.41. The molecule has 0 fully saturated rings. The van der Waals surface area contributed by atoms with E-state index in [1.54, 1.807) is 12.1 Å². The highest BCUT2D eigenvalue weighted by molar-refractivity contribution is 9.10. The largest absolute Gasteiger partial charge is 0.503 e. The number of methoxy groups -OCH3 is 1. The van der Waals surface area contributed by atoms with Gasteiger partial charge in [0, 0.05) is 6.54 Å². The molecule has 6 nitrogen and oxygen atoms in total. The van der Waals surface area contributed by atoms with Gasteiger partial charge in [0.15, 0.2) is 16.9 Å². The van der Waals surface area contributed by atoms with E-state index in [0.29, 0.717) is 10.0 Å². The van der Waals surface area contributed by atoms with Gasteiger partial charge in [0.05, 0.1) is 28.6 Å². The van der Waals surface area contributed by atoms with Crippen molar-refractivity contribution in [2.45, 2.75) is 19.5 Å². The number of ether oxygens (including phenoxy) is 1. The molecule has 1 atom stereocenters. The molecule has 2 heterocycles. The lowest BCUT2D eigenvalue weighted by Gasteiger charge is -2.26. The third-order valence-electron chi connectivity index (χ3n) is 5.99. The SMILES string of the molecule is COc1cc(C2c3c(oc4ccc(F)cc4c3=O)C(=O)N2Cc2ccc(C)cc2)cc(Br)c1O. The number of phenolic OH excluding ortho intramolecular Hbond substituents is 1. The summed E-state index contributed by atoms with van der Waals surface area (Å²) in [5.41, 5.74) is 2.25. The molecule has 1 aliphatic rings. The van der Waals surface area contributed by atoms with E-state index in [4.69, 9.17) is 9.15 Å². The molecule has 4 aromatic rings. The molecule has 34 heavy (non-hydrogen) atoms. The Bertz CT molecular complexity index is 1510. The van der Waals surface area contributed by atoms with Crippen LogP contribution >= 0.6 is 15.9 Å². The van der Waals surface area contributed by atoms with Crippen molar-refractivity contribution < 1.29 is 23.4 Å². The van der Waals surface area contributed by atoms with Crippen molar-refractivity contribution >= 4 is 32.8 Å². The van der Waals surface area contributed by atoms with Crippen LogP contribution in [0.2, 0.25) is 0 Å². The molecule has 0 saturated carbocycles. The van der Waals surface area contributed by atoms with E-state index in [1.165, 1.54) is 24.1 Å². The number of fused-ring (bicyclic) bond motifs is 2. The Labute approximate surface area is 202 Å². The molecule has 0 aliphatic carbocycles. The Morgan fingerprint density at radius 2 is 1.85 bits per heavy atom. The van der Waals surface area contributed by atoms with E-state index in [2.05, 4.69) is 15.9 Å². The van der Waals surface area contributed by atoms with Gasteiger partial charge in [-0.05, 0) is 64.3 Å². The average Bonchev–Trinajstić information content (AvgIpc) is 3.09. The molecule has 1 N–H and O–H groups in total. The first kappa shape index (κ1) is 22.2. The van der Waals surface area contributed by atoms with Gasteiger partial charge in [-0.3, -0.25) is 9.59 Å². The van der Waals surface area contributed by atoms with Gasteiger partial charge in [-0.15, -0.1) is 0 Å². The van der Waals surface area contributed by atoms with E-state index in [1.807, 2.05) is 31.2 Å². The zero-order valence-corrected chi connectivity index (χ0v) is 19.8. The molecule has 0 radical (unpaired) electrons. The third kappa shape index (κ3) is 3.54. The predicted octanol–water partition coefficient (Wildman–Crippen LogP) is 5.46. The minimum absolute atomic E-state index is 0.0542. The number of aryl methyl sites for hydroxylation is 1. The molecule has 0 spiro atoms. The van der Waals surface area contributed by atoms with Crippen LogP contribution < -0.4 is 10.2 Å². The highest BCUT2D eigenvalue weighted by atomic mass is 79.9. The number of hydrogen-bond acceptors (Lipinski definition) is 5. The molecule has 0 bridgehead atoms. The first-order chi connectivity index (χ1) is 16.3. The maximum absolute atomic E-state index is 13.9. The minimum Gasteiger partial charge on any atom is -0.503 e. The molecule has 3 aromatic carbocycles. The maximum Gasteiger partial charge on any atom is 0.291 e. The van der Waals surface area contributed by atoms with Crippen molar-refractivity contribution in [2.24, 2.45) is 0 Å². The number of carbonyl (C=O) groups excluding carboxylic acids is 1. The topological polar surface area (TPSA) is 80.0 Å². The molecule has 172 valence electrons. The number of hydrogen-bond donors (Lipinski definition) is 1. The third-order valence-corrected chi connectivity index (χ3v) is 6.59. The molecule has 1 aromatic heterocycles. The fourth-order valence-electron chi connectivity index (χ4n) is 4.30. The van der Waals surface area contributed by atoms with Gasteiger partial charge in [-0.2, -0.15) is 0 Å². The first-order valence-corrected chi connectivity index (χ1v) is 11.3. The fourth-order valence-corrected chi connectivity index (χ4v) is 4.76. The number of rotatable bonds is 4. The van der Waals surface area contributed by atoms with E-state index < -0.39 is 23.2 Å². The number of nitrogens with zero attached hydrogens (tertiary/aromatic N) is 1. The van der Waals surface area contributed by atoms with Crippen LogP contribution in [0.1, 0.15) is 38.9 Å². The van der Waals surface area contributed by atoms with E-state index in [9.17, 15) is 19.1 Å². The average molecular weight is 524 g/mol. The molecular formula is C26H19BrFNO5. The predicted molar refractivity (Wildman–Crippen MR) is 128 cm³/mol. The lowest BCUT2D eigenvalue weighted by molar-refractivity contribution is 0.0714. The Hall–Kier alpha value is -3.65. The summed E-state index contributed by atoms with van der Waals surface area (Å²) in [6, 6.07) is 13.7. The van der Waals surface area contributed by atoms with Crippen molar-refractivity contribution in [3.63, 3.8) is 0 Å². The smallest absolute Gasteiger partial charge is 0.291 e. The highest BCUT2D eigenvalue weighted by Crippen LogP contribution is 2.44. The van der Waals surface area contributed by atoms with Crippen molar-refractivity contribution in [1.29, 1.82) is 0 Å². The van der Waals surface area contributed by atoms with Gasteiger partial charge in [-0.25, -0.2) is 4.39 Å². The van der Waals surface area contributed by atoms with E-state index in [-0.39, 0.29) is 40.3 Å². The van der Waals surface area contributed by atoms with Crippen LogP contribution in [0.25, 0.3) is 11.0 Å². The fraction of sp³-hybridized carbons (Fsp3) is 0.154. The second kappa shape index (κ2) is 8.29. The minimum atomic E-state index is -0.835. The monoisotopic (exact) mass is 523 g/mol. The summed E-state index contributed by atoms with van der Waals surface area (Å²) >= 11 is 3.32. The lowest BCUT2D eigenvalue weighted by Crippen LogP contribution is -2.29. The zero-order valence-electron chi connectivity index (χ0n) is 18.3. The Balaban J connectivity index is 1.76. The quantitative estimate of drug-likeness (QED) is 0.384. The van der Waals surface area contributed by atoms with Crippen molar-refractivity contribution in [1.82, 2.24) is 4.90 Å². The summed E-state index contributed by atoms with van der Waals surface area (Å²) in [4.78, 5) is 28.6. The van der Waals surface area contributed by atoms with Crippen LogP contribution in [0.15, 0.2) is 68.3 Å². The Morgan fingerprint density at radius 3 is 2.56 bits per heavy atom. The summed E-state index contributed by atoms with van der Waals surface area (Å²) in [5.74, 6) is -1.03. The number of amides is 1. The van der Waals surface area contributed by atoms with Crippen LogP contribution in [-0.4, -0.2) is 23.0 Å². The molecular weight excluding hydrogens is 505 g/mol. The number of halogens is 2. The van der Waals surface area contributed by atoms with Crippen LogP contribution in [-0.2, 0) is 6.54 Å². The normalized spacial score (nSPS) is 15.1. The number of benzene rings is 3. The lowest BCUT2D eigenvalue weighted by atomic mass is 9.97. The van der Waals surface area contributed by atoms with Crippen LogP contribution in [0.4, 0.5) is 4.39 Å². The second-order valence-electron chi connectivity index (χ2n) is 8.19. The Kier molecular flexibility index (Phi) is 5.40. The van der Waals surface area contributed by atoms with Gasteiger partial charge >= 0.3 is 0 Å². The van der Waals surface area contributed by atoms with E-state index >= 15 is 0 Å². The number of carbonyl (C=O) groups is 1. The molecule has 1 unspecified atom stereocenters. The summed E-state index contributed by atoms with van der Waals surface area (Å²) in [6.45, 7) is 2.18. The van der Waals surface area contributed by atoms with Crippen LogP contribution in [0.5, 0.6) is 11.5 Å². The summed E-state index contributed by atoms with van der Waals surface area (Å²) in [5, 5.41) is 10.3. The second-order valence-corrected chi connectivity index (χ2v) is 9.04. The zero-order chi connectivity index (χ0) is 24.1. The first-order valence-electron chi connectivity index (χ1n) is 10.5. The van der Waals surface area contributed by atoms with Gasteiger partial charge in [0.25, 0.3) is 5.91 Å². The number of phenols is 1. The van der Waals surface area contributed by atoms with Crippen LogP contribution in [0.3, 0.4) is 0 Å². The highest BCUT2D eigenvalue weighted by Gasteiger charge is 2.43.